The number of carbonyl (C=O) groups is 2. The van der Waals surface area contributed by atoms with Gasteiger partial charge in [0, 0.05) is 16.4 Å². The Bertz CT molecular complexity index is 1220. The number of rotatable bonds is 6. The lowest BCUT2D eigenvalue weighted by atomic mass is 10.1. The average Bonchev–Trinajstić information content (AvgIpc) is 3.36. The third-order valence-electron chi connectivity index (χ3n) is 5.97. The van der Waals surface area contributed by atoms with Crippen LogP contribution in [0.2, 0.25) is 0 Å². The van der Waals surface area contributed by atoms with Crippen LogP contribution >= 0.6 is 11.8 Å². The first-order valence-corrected chi connectivity index (χ1v) is 12.1. The van der Waals surface area contributed by atoms with Gasteiger partial charge >= 0.3 is 5.97 Å². The van der Waals surface area contributed by atoms with Crippen LogP contribution in [0.15, 0.2) is 76.5 Å². The second kappa shape index (κ2) is 9.91. The van der Waals surface area contributed by atoms with Crippen molar-refractivity contribution in [3.63, 3.8) is 0 Å². The molecule has 0 saturated carbocycles. The van der Waals surface area contributed by atoms with Gasteiger partial charge in [-0.1, -0.05) is 36.0 Å². The molecule has 0 unspecified atom stereocenters. The Hall–Kier alpha value is -3.29. The number of hydrogen-bond donors (Lipinski definition) is 0. The Morgan fingerprint density at radius 1 is 1.09 bits per heavy atom. The van der Waals surface area contributed by atoms with Crippen molar-refractivity contribution in [1.82, 2.24) is 0 Å². The van der Waals surface area contributed by atoms with Crippen LogP contribution in [0.1, 0.15) is 39.1 Å². The van der Waals surface area contributed by atoms with Gasteiger partial charge in [0.25, 0.3) is 5.91 Å². The van der Waals surface area contributed by atoms with Crippen LogP contribution in [-0.4, -0.2) is 38.3 Å². The Morgan fingerprint density at radius 3 is 2.79 bits per heavy atom. The number of benzene rings is 3. The summed E-state index contributed by atoms with van der Waals surface area (Å²) >= 11 is 1.52. The Kier molecular flexibility index (Phi) is 6.56. The van der Waals surface area contributed by atoms with Crippen LogP contribution in [0.3, 0.4) is 0 Å². The molecule has 6 nitrogen and oxygen atoms in total. The lowest BCUT2D eigenvalue weighted by Gasteiger charge is -2.24. The zero-order chi connectivity index (χ0) is 23.5. The molecule has 0 aromatic heterocycles. The number of fused-ring (bicyclic) bond motifs is 2. The Labute approximate surface area is 202 Å². The van der Waals surface area contributed by atoms with Gasteiger partial charge in [-0.15, -0.1) is 0 Å². The van der Waals surface area contributed by atoms with Crippen molar-refractivity contribution in [2.45, 2.75) is 35.3 Å². The van der Waals surface area contributed by atoms with E-state index in [0.29, 0.717) is 30.0 Å². The second-order valence-electron chi connectivity index (χ2n) is 8.26. The van der Waals surface area contributed by atoms with Gasteiger partial charge in [0.1, 0.15) is 12.4 Å². The minimum atomic E-state index is -0.418. The van der Waals surface area contributed by atoms with E-state index in [1.54, 1.807) is 24.1 Å². The maximum Gasteiger partial charge on any atom is 0.338 e. The summed E-state index contributed by atoms with van der Waals surface area (Å²) in [4.78, 5) is 30.0. The Balaban J connectivity index is 1.49. The maximum absolute atomic E-state index is 13.7. The molecular weight excluding hydrogens is 450 g/mol. The molecule has 0 spiro atoms. The summed E-state index contributed by atoms with van der Waals surface area (Å²) in [5.41, 5.74) is 2.65. The highest BCUT2D eigenvalue weighted by Gasteiger charge is 2.29. The molecule has 5 rings (SSSR count). The summed E-state index contributed by atoms with van der Waals surface area (Å²) in [6.07, 6.45) is 1.84. The van der Waals surface area contributed by atoms with E-state index >= 15 is 0 Å². The molecule has 2 aliphatic heterocycles. The van der Waals surface area contributed by atoms with Gasteiger partial charge in [0.05, 0.1) is 36.6 Å². The van der Waals surface area contributed by atoms with Gasteiger partial charge in [0.2, 0.25) is 0 Å². The van der Waals surface area contributed by atoms with Crippen LogP contribution < -0.4 is 9.64 Å². The molecule has 0 radical (unpaired) electrons. The average molecular weight is 476 g/mol. The van der Waals surface area contributed by atoms with E-state index in [0.717, 1.165) is 33.9 Å². The number of hydrogen-bond acceptors (Lipinski definition) is 6. The number of methoxy groups -OCH3 is 1. The quantitative estimate of drug-likeness (QED) is 0.448. The van der Waals surface area contributed by atoms with Crippen molar-refractivity contribution in [3.8, 4) is 5.75 Å². The van der Waals surface area contributed by atoms with Crippen molar-refractivity contribution in [1.29, 1.82) is 0 Å². The summed E-state index contributed by atoms with van der Waals surface area (Å²) in [6, 6.07) is 20.6. The van der Waals surface area contributed by atoms with Crippen LogP contribution in [0.4, 0.5) is 5.69 Å². The number of amides is 1. The minimum Gasteiger partial charge on any atom is -0.497 e. The largest absolute Gasteiger partial charge is 0.497 e. The minimum absolute atomic E-state index is 0.0408. The summed E-state index contributed by atoms with van der Waals surface area (Å²) in [5, 5.41) is 0. The van der Waals surface area contributed by atoms with Crippen molar-refractivity contribution in [2.75, 3.05) is 25.2 Å². The van der Waals surface area contributed by atoms with Crippen molar-refractivity contribution in [3.05, 3.63) is 83.4 Å². The molecule has 2 aliphatic rings. The number of carbonyl (C=O) groups excluding carboxylic acids is 2. The topological polar surface area (TPSA) is 65.1 Å². The molecule has 1 fully saturated rings. The predicted molar refractivity (Wildman–Crippen MR) is 130 cm³/mol. The van der Waals surface area contributed by atoms with Crippen molar-refractivity contribution >= 4 is 29.3 Å². The van der Waals surface area contributed by atoms with Gasteiger partial charge in [-0.3, -0.25) is 4.79 Å². The first-order valence-electron chi connectivity index (χ1n) is 11.3. The zero-order valence-electron chi connectivity index (χ0n) is 18.9. The SMILES string of the molecule is COc1cccc(CN2C(=O)c3ccccc3Sc3ccc(C(=O)OC[C@H]4CCCO4)cc32)c1. The molecule has 7 heteroatoms. The molecule has 0 N–H and O–H groups in total. The number of ether oxygens (including phenoxy) is 3. The van der Waals surface area contributed by atoms with E-state index in [1.165, 1.54) is 11.8 Å². The molecule has 1 atom stereocenters. The lowest BCUT2D eigenvalue weighted by molar-refractivity contribution is 0.0161. The van der Waals surface area contributed by atoms with Gasteiger partial charge in [-0.2, -0.15) is 0 Å². The lowest BCUT2D eigenvalue weighted by Crippen LogP contribution is -2.30. The van der Waals surface area contributed by atoms with E-state index in [9.17, 15) is 9.59 Å². The maximum atomic E-state index is 13.7. The van der Waals surface area contributed by atoms with E-state index < -0.39 is 5.97 Å². The highest BCUT2D eigenvalue weighted by Crippen LogP contribution is 2.42. The predicted octanol–water partition coefficient (Wildman–Crippen LogP) is 5.34. The molecule has 174 valence electrons. The summed E-state index contributed by atoms with van der Waals surface area (Å²) in [6.45, 7) is 1.29. The third-order valence-corrected chi connectivity index (χ3v) is 7.11. The number of anilines is 1. The van der Waals surface area contributed by atoms with Crippen LogP contribution in [-0.2, 0) is 16.0 Å². The van der Waals surface area contributed by atoms with E-state index in [4.69, 9.17) is 14.2 Å². The van der Waals surface area contributed by atoms with Gasteiger partial charge in [-0.25, -0.2) is 4.79 Å². The molecule has 2 heterocycles. The van der Waals surface area contributed by atoms with Crippen molar-refractivity contribution < 1.29 is 23.8 Å². The normalized spacial score (nSPS) is 17.0. The van der Waals surface area contributed by atoms with Crippen LogP contribution in [0, 0.1) is 0 Å². The van der Waals surface area contributed by atoms with Gasteiger partial charge in [-0.05, 0) is 60.9 Å². The van der Waals surface area contributed by atoms with E-state index in [2.05, 4.69) is 0 Å². The molecule has 0 bridgehead atoms. The third kappa shape index (κ3) is 4.67. The first-order chi connectivity index (χ1) is 16.6. The summed E-state index contributed by atoms with van der Waals surface area (Å²) in [7, 11) is 1.62. The van der Waals surface area contributed by atoms with Gasteiger partial charge < -0.3 is 19.1 Å². The fourth-order valence-electron chi connectivity index (χ4n) is 4.19. The highest BCUT2D eigenvalue weighted by molar-refractivity contribution is 7.99. The molecule has 1 amide bonds. The molecule has 3 aromatic rings. The fraction of sp³-hybridized carbons (Fsp3) is 0.259. The molecule has 0 aliphatic carbocycles. The Morgan fingerprint density at radius 2 is 1.97 bits per heavy atom. The molecular formula is C27H25NO5S. The van der Waals surface area contributed by atoms with Crippen molar-refractivity contribution in [2.24, 2.45) is 0 Å². The molecule has 34 heavy (non-hydrogen) atoms. The fourth-order valence-corrected chi connectivity index (χ4v) is 5.24. The monoisotopic (exact) mass is 475 g/mol. The second-order valence-corrected chi connectivity index (χ2v) is 9.34. The molecule has 1 saturated heterocycles. The first kappa shape index (κ1) is 22.5. The smallest absolute Gasteiger partial charge is 0.338 e. The summed E-state index contributed by atoms with van der Waals surface area (Å²) < 4.78 is 16.4. The highest BCUT2D eigenvalue weighted by atomic mass is 32.2. The van der Waals surface area contributed by atoms with E-state index in [-0.39, 0.29) is 18.6 Å². The number of esters is 1. The van der Waals surface area contributed by atoms with E-state index in [1.807, 2.05) is 54.6 Å². The molecule has 3 aromatic carbocycles. The standard InChI is InChI=1S/C27H25NO5S/c1-31-20-7-4-6-18(14-20)16-28-23-15-19(27(30)33-17-21-8-5-13-32-21)11-12-25(23)34-24-10-3-2-9-22(24)26(28)29/h2-4,6-7,9-12,14-15,21H,5,8,13,16-17H2,1H3/t21-/m1/s1. The zero-order valence-corrected chi connectivity index (χ0v) is 19.7. The summed E-state index contributed by atoms with van der Waals surface area (Å²) in [5.74, 6) is 0.189. The van der Waals surface area contributed by atoms with Gasteiger partial charge in [0.15, 0.2) is 0 Å². The van der Waals surface area contributed by atoms with Crippen LogP contribution in [0.25, 0.3) is 0 Å². The van der Waals surface area contributed by atoms with Crippen LogP contribution in [0.5, 0.6) is 5.75 Å². The number of nitrogens with zero attached hydrogens (tertiary/aromatic N) is 1.